The van der Waals surface area contributed by atoms with Crippen LogP contribution in [-0.2, 0) is 4.79 Å². The molecular formula is C11H20F3NO. The molecule has 0 unspecified atom stereocenters. The van der Waals surface area contributed by atoms with Crippen LogP contribution in [0.5, 0.6) is 0 Å². The summed E-state index contributed by atoms with van der Waals surface area (Å²) in [6.07, 6.45) is -3.64. The van der Waals surface area contributed by atoms with E-state index < -0.39 is 18.1 Å². The molecule has 2 nitrogen and oxygen atoms in total. The Morgan fingerprint density at radius 3 is 2.00 bits per heavy atom. The second kappa shape index (κ2) is 5.66. The van der Waals surface area contributed by atoms with Crippen LogP contribution < -0.4 is 0 Å². The SMILES string of the molecule is CCCN(CC(=O)C(C)(C)C)CC(F)(F)F. The molecule has 0 saturated heterocycles. The Labute approximate surface area is 94.8 Å². The molecule has 0 radical (unpaired) electrons. The number of alkyl halides is 3. The number of carbonyl (C=O) groups is 1. The molecule has 5 heteroatoms. The minimum absolute atomic E-state index is 0.128. The molecule has 0 aliphatic carbocycles. The average molecular weight is 239 g/mol. The molecule has 0 N–H and O–H groups in total. The van der Waals surface area contributed by atoms with Gasteiger partial charge in [-0.25, -0.2) is 0 Å². The molecule has 0 fully saturated rings. The van der Waals surface area contributed by atoms with E-state index in [-0.39, 0.29) is 12.3 Å². The van der Waals surface area contributed by atoms with Crippen LogP contribution in [0.2, 0.25) is 0 Å². The van der Waals surface area contributed by atoms with Gasteiger partial charge in [0.2, 0.25) is 0 Å². The Morgan fingerprint density at radius 1 is 1.19 bits per heavy atom. The van der Waals surface area contributed by atoms with Gasteiger partial charge in [-0.15, -0.1) is 0 Å². The second-order valence-corrected chi connectivity index (χ2v) is 5.00. The standard InChI is InChI=1S/C11H20F3NO/c1-5-6-15(8-11(12,13)14)7-9(16)10(2,3)4/h5-8H2,1-4H3. The van der Waals surface area contributed by atoms with Gasteiger partial charge in [0, 0.05) is 5.41 Å². The van der Waals surface area contributed by atoms with Crippen molar-refractivity contribution < 1.29 is 18.0 Å². The first-order chi connectivity index (χ1) is 7.06. The quantitative estimate of drug-likeness (QED) is 0.735. The van der Waals surface area contributed by atoms with E-state index in [1.807, 2.05) is 0 Å². The number of nitrogens with zero attached hydrogens (tertiary/aromatic N) is 1. The fraction of sp³-hybridized carbons (Fsp3) is 0.909. The van der Waals surface area contributed by atoms with Crippen LogP contribution in [0.25, 0.3) is 0 Å². The molecule has 0 heterocycles. The number of halogens is 3. The zero-order chi connectivity index (χ0) is 13.0. The highest BCUT2D eigenvalue weighted by Crippen LogP contribution is 2.19. The van der Waals surface area contributed by atoms with Crippen LogP contribution in [0.4, 0.5) is 13.2 Å². The Morgan fingerprint density at radius 2 is 1.69 bits per heavy atom. The van der Waals surface area contributed by atoms with Crippen molar-refractivity contribution in [1.82, 2.24) is 4.90 Å². The summed E-state index contributed by atoms with van der Waals surface area (Å²) < 4.78 is 36.7. The summed E-state index contributed by atoms with van der Waals surface area (Å²) in [4.78, 5) is 12.8. The van der Waals surface area contributed by atoms with Gasteiger partial charge in [0.1, 0.15) is 0 Å². The number of hydrogen-bond donors (Lipinski definition) is 0. The lowest BCUT2D eigenvalue weighted by Crippen LogP contribution is -2.41. The zero-order valence-corrected chi connectivity index (χ0v) is 10.3. The van der Waals surface area contributed by atoms with Crippen molar-refractivity contribution in [3.63, 3.8) is 0 Å². The molecule has 16 heavy (non-hydrogen) atoms. The maximum absolute atomic E-state index is 12.2. The lowest BCUT2D eigenvalue weighted by Gasteiger charge is -2.26. The van der Waals surface area contributed by atoms with Crippen molar-refractivity contribution in [3.8, 4) is 0 Å². The van der Waals surface area contributed by atoms with Crippen LogP contribution in [0, 0.1) is 5.41 Å². The number of rotatable bonds is 5. The van der Waals surface area contributed by atoms with E-state index in [0.717, 1.165) is 4.90 Å². The topological polar surface area (TPSA) is 20.3 Å². The molecule has 96 valence electrons. The predicted octanol–water partition coefficient (Wildman–Crippen LogP) is 2.88. The van der Waals surface area contributed by atoms with E-state index in [1.165, 1.54) is 0 Å². The van der Waals surface area contributed by atoms with Crippen molar-refractivity contribution in [2.45, 2.75) is 40.3 Å². The van der Waals surface area contributed by atoms with Crippen LogP contribution in [0.3, 0.4) is 0 Å². The lowest BCUT2D eigenvalue weighted by molar-refractivity contribution is -0.150. The molecule has 0 aliphatic heterocycles. The fourth-order valence-corrected chi connectivity index (χ4v) is 1.22. The third-order valence-corrected chi connectivity index (χ3v) is 2.15. The van der Waals surface area contributed by atoms with E-state index >= 15 is 0 Å². The maximum atomic E-state index is 12.2. The summed E-state index contributed by atoms with van der Waals surface area (Å²) in [5, 5.41) is 0. The maximum Gasteiger partial charge on any atom is 0.401 e. The first-order valence-corrected chi connectivity index (χ1v) is 5.38. The van der Waals surface area contributed by atoms with Crippen molar-refractivity contribution in [2.24, 2.45) is 5.41 Å². The molecule has 0 aliphatic rings. The Balaban J connectivity index is 4.40. The van der Waals surface area contributed by atoms with Gasteiger partial charge in [0.15, 0.2) is 5.78 Å². The van der Waals surface area contributed by atoms with E-state index in [9.17, 15) is 18.0 Å². The molecule has 0 aromatic rings. The van der Waals surface area contributed by atoms with Crippen molar-refractivity contribution in [3.05, 3.63) is 0 Å². The number of ketones is 1. The van der Waals surface area contributed by atoms with Gasteiger partial charge in [0.05, 0.1) is 13.1 Å². The minimum atomic E-state index is -4.24. The Kier molecular flexibility index (Phi) is 5.46. The highest BCUT2D eigenvalue weighted by Gasteiger charge is 2.32. The molecule has 0 amide bonds. The van der Waals surface area contributed by atoms with Gasteiger partial charge in [-0.2, -0.15) is 13.2 Å². The molecule has 0 rings (SSSR count). The molecule has 0 bridgehead atoms. The molecule has 0 saturated carbocycles. The van der Waals surface area contributed by atoms with Gasteiger partial charge in [-0.1, -0.05) is 27.7 Å². The molecule has 0 aromatic carbocycles. The van der Waals surface area contributed by atoms with Gasteiger partial charge >= 0.3 is 6.18 Å². The number of Topliss-reactive ketones (excluding diaryl/α,β-unsaturated/α-hetero) is 1. The molecule has 0 aromatic heterocycles. The summed E-state index contributed by atoms with van der Waals surface area (Å²) in [5.41, 5.74) is -0.586. The smallest absolute Gasteiger partial charge is 0.298 e. The number of carbonyl (C=O) groups excluding carboxylic acids is 1. The molecular weight excluding hydrogens is 219 g/mol. The largest absolute Gasteiger partial charge is 0.401 e. The summed E-state index contributed by atoms with van der Waals surface area (Å²) in [6.45, 7) is 6.10. The summed E-state index contributed by atoms with van der Waals surface area (Å²) in [6, 6.07) is 0. The van der Waals surface area contributed by atoms with Gasteiger partial charge in [0.25, 0.3) is 0 Å². The highest BCUT2D eigenvalue weighted by atomic mass is 19.4. The van der Waals surface area contributed by atoms with E-state index in [1.54, 1.807) is 27.7 Å². The fourth-order valence-electron chi connectivity index (χ4n) is 1.22. The van der Waals surface area contributed by atoms with Crippen LogP contribution in [0.15, 0.2) is 0 Å². The zero-order valence-electron chi connectivity index (χ0n) is 10.3. The monoisotopic (exact) mass is 239 g/mol. The minimum Gasteiger partial charge on any atom is -0.298 e. The lowest BCUT2D eigenvalue weighted by atomic mass is 9.90. The summed E-state index contributed by atoms with van der Waals surface area (Å²) in [7, 11) is 0. The van der Waals surface area contributed by atoms with Crippen LogP contribution >= 0.6 is 0 Å². The van der Waals surface area contributed by atoms with Crippen molar-refractivity contribution >= 4 is 5.78 Å². The van der Waals surface area contributed by atoms with E-state index in [4.69, 9.17) is 0 Å². The van der Waals surface area contributed by atoms with Crippen molar-refractivity contribution in [2.75, 3.05) is 19.6 Å². The van der Waals surface area contributed by atoms with Crippen LogP contribution in [0.1, 0.15) is 34.1 Å². The Hall–Kier alpha value is -0.580. The first kappa shape index (κ1) is 15.4. The summed E-state index contributed by atoms with van der Waals surface area (Å²) in [5.74, 6) is -0.162. The van der Waals surface area contributed by atoms with Gasteiger partial charge in [-0.05, 0) is 13.0 Å². The third kappa shape index (κ3) is 6.82. The Bertz CT molecular complexity index is 230. The summed E-state index contributed by atoms with van der Waals surface area (Å²) >= 11 is 0. The molecule has 0 spiro atoms. The highest BCUT2D eigenvalue weighted by molar-refractivity contribution is 5.85. The number of hydrogen-bond acceptors (Lipinski definition) is 2. The first-order valence-electron chi connectivity index (χ1n) is 5.38. The van der Waals surface area contributed by atoms with E-state index in [0.29, 0.717) is 13.0 Å². The van der Waals surface area contributed by atoms with Gasteiger partial charge in [-0.3, -0.25) is 9.69 Å². The van der Waals surface area contributed by atoms with E-state index in [2.05, 4.69) is 0 Å². The third-order valence-electron chi connectivity index (χ3n) is 2.15. The second-order valence-electron chi connectivity index (χ2n) is 5.00. The van der Waals surface area contributed by atoms with Gasteiger partial charge < -0.3 is 0 Å². The van der Waals surface area contributed by atoms with Crippen molar-refractivity contribution in [1.29, 1.82) is 0 Å². The average Bonchev–Trinajstić information content (AvgIpc) is 1.99. The normalized spacial score (nSPS) is 13.2. The molecule has 0 atom stereocenters. The predicted molar refractivity (Wildman–Crippen MR) is 57.2 cm³/mol. The van der Waals surface area contributed by atoms with Crippen LogP contribution in [-0.4, -0.2) is 36.5 Å².